The van der Waals surface area contributed by atoms with Gasteiger partial charge in [0.2, 0.25) is 0 Å². The van der Waals surface area contributed by atoms with E-state index in [2.05, 4.69) is 23.9 Å². The van der Waals surface area contributed by atoms with Gasteiger partial charge in [0.15, 0.2) is 11.5 Å². The molecule has 1 amide bonds. The number of hydrogen-bond donors (Lipinski definition) is 0. The van der Waals surface area contributed by atoms with Crippen molar-refractivity contribution in [1.29, 1.82) is 0 Å². The lowest BCUT2D eigenvalue weighted by atomic mass is 10.2. The lowest BCUT2D eigenvalue weighted by Crippen LogP contribution is -2.38. The molecule has 0 radical (unpaired) electrons. The number of aromatic nitrogens is 1. The number of morpholine rings is 1. The molecule has 0 aromatic carbocycles. The average molecular weight is 307 g/mol. The van der Waals surface area contributed by atoms with Gasteiger partial charge in [-0.25, -0.2) is 0 Å². The molecule has 6 nitrogen and oxygen atoms in total. The van der Waals surface area contributed by atoms with Crippen LogP contribution in [-0.4, -0.2) is 59.8 Å². The van der Waals surface area contributed by atoms with Gasteiger partial charge in [-0.2, -0.15) is 0 Å². The van der Waals surface area contributed by atoms with Crippen LogP contribution in [0.1, 0.15) is 42.9 Å². The van der Waals surface area contributed by atoms with Crippen molar-refractivity contribution in [3.63, 3.8) is 0 Å². The number of amides is 1. The number of carbonyl (C=O) groups is 1. The predicted molar refractivity (Wildman–Crippen MR) is 81.5 cm³/mol. The number of hydrogen-bond acceptors (Lipinski definition) is 5. The molecule has 0 atom stereocenters. The smallest absolute Gasteiger partial charge is 0.276 e. The maximum Gasteiger partial charge on any atom is 0.276 e. The first-order valence-corrected chi connectivity index (χ1v) is 8.20. The highest BCUT2D eigenvalue weighted by Gasteiger charge is 2.30. The van der Waals surface area contributed by atoms with Crippen LogP contribution in [0.15, 0.2) is 10.6 Å². The van der Waals surface area contributed by atoms with Crippen molar-refractivity contribution in [2.24, 2.45) is 5.92 Å². The second kappa shape index (κ2) is 6.79. The van der Waals surface area contributed by atoms with E-state index in [1.807, 2.05) is 4.90 Å². The molecule has 0 bridgehead atoms. The van der Waals surface area contributed by atoms with Crippen molar-refractivity contribution >= 4 is 5.91 Å². The molecule has 2 heterocycles. The van der Waals surface area contributed by atoms with Crippen molar-refractivity contribution in [2.75, 3.05) is 32.8 Å². The number of nitrogens with zero attached hydrogens (tertiary/aromatic N) is 3. The van der Waals surface area contributed by atoms with Gasteiger partial charge in [0.05, 0.1) is 19.8 Å². The molecule has 0 unspecified atom stereocenters. The topological polar surface area (TPSA) is 58.8 Å². The van der Waals surface area contributed by atoms with Crippen LogP contribution in [0.4, 0.5) is 0 Å². The monoisotopic (exact) mass is 307 g/mol. The van der Waals surface area contributed by atoms with E-state index in [9.17, 15) is 4.79 Å². The van der Waals surface area contributed by atoms with E-state index in [1.165, 1.54) is 12.8 Å². The van der Waals surface area contributed by atoms with Gasteiger partial charge in [-0.05, 0) is 32.6 Å². The Hall–Kier alpha value is -1.40. The molecule has 22 heavy (non-hydrogen) atoms. The third-order valence-electron chi connectivity index (χ3n) is 4.30. The highest BCUT2D eigenvalue weighted by molar-refractivity contribution is 5.92. The molecule has 2 fully saturated rings. The van der Waals surface area contributed by atoms with E-state index in [0.29, 0.717) is 18.2 Å². The summed E-state index contributed by atoms with van der Waals surface area (Å²) in [7, 11) is 0. The van der Waals surface area contributed by atoms with Crippen molar-refractivity contribution in [1.82, 2.24) is 15.0 Å². The Balaban J connectivity index is 1.62. The van der Waals surface area contributed by atoms with Crippen LogP contribution in [-0.2, 0) is 11.3 Å². The summed E-state index contributed by atoms with van der Waals surface area (Å²) in [6.07, 6.45) is 2.47. The van der Waals surface area contributed by atoms with Crippen LogP contribution < -0.4 is 0 Å². The molecule has 2 aliphatic rings. The molecule has 1 saturated heterocycles. The minimum absolute atomic E-state index is 0.0149. The molecule has 3 rings (SSSR count). The first-order chi connectivity index (χ1) is 10.6. The quantitative estimate of drug-likeness (QED) is 0.801. The molecule has 1 aliphatic carbocycles. The second-order valence-corrected chi connectivity index (χ2v) is 6.56. The van der Waals surface area contributed by atoms with Gasteiger partial charge in [0, 0.05) is 31.7 Å². The zero-order valence-corrected chi connectivity index (χ0v) is 13.5. The SMILES string of the molecule is CC(C)N(CC1CC1)C(=O)c1cc(CN2CCOCC2)on1. The second-order valence-electron chi connectivity index (χ2n) is 6.56. The van der Waals surface area contributed by atoms with Gasteiger partial charge < -0.3 is 14.2 Å². The Bertz CT molecular complexity index is 504. The van der Waals surface area contributed by atoms with Gasteiger partial charge in [-0.15, -0.1) is 0 Å². The summed E-state index contributed by atoms with van der Waals surface area (Å²) >= 11 is 0. The molecule has 1 saturated carbocycles. The summed E-state index contributed by atoms with van der Waals surface area (Å²) in [4.78, 5) is 16.8. The van der Waals surface area contributed by atoms with Crippen LogP contribution in [0, 0.1) is 5.92 Å². The van der Waals surface area contributed by atoms with E-state index in [-0.39, 0.29) is 11.9 Å². The Kier molecular flexibility index (Phi) is 4.78. The number of carbonyl (C=O) groups excluding carboxylic acids is 1. The van der Waals surface area contributed by atoms with Gasteiger partial charge in [0.1, 0.15) is 0 Å². The summed E-state index contributed by atoms with van der Waals surface area (Å²) in [6, 6.07) is 1.98. The average Bonchev–Trinajstić information content (AvgIpc) is 3.22. The molecular formula is C16H25N3O3. The number of rotatable bonds is 6. The highest BCUT2D eigenvalue weighted by atomic mass is 16.5. The lowest BCUT2D eigenvalue weighted by molar-refractivity contribution is 0.0305. The first kappa shape index (κ1) is 15.5. The third-order valence-corrected chi connectivity index (χ3v) is 4.30. The normalized spacial score (nSPS) is 19.6. The Morgan fingerprint density at radius 2 is 2.14 bits per heavy atom. The molecule has 1 aromatic heterocycles. The summed E-state index contributed by atoms with van der Waals surface area (Å²) < 4.78 is 10.7. The first-order valence-electron chi connectivity index (χ1n) is 8.20. The molecule has 0 N–H and O–H groups in total. The van der Waals surface area contributed by atoms with Gasteiger partial charge in [0.25, 0.3) is 5.91 Å². The molecule has 1 aromatic rings. The van der Waals surface area contributed by atoms with Gasteiger partial charge in [-0.3, -0.25) is 9.69 Å². The fourth-order valence-electron chi connectivity index (χ4n) is 2.72. The molecular weight excluding hydrogens is 282 g/mol. The lowest BCUT2D eigenvalue weighted by Gasteiger charge is -2.25. The van der Waals surface area contributed by atoms with E-state index >= 15 is 0 Å². The zero-order chi connectivity index (χ0) is 15.5. The third kappa shape index (κ3) is 3.87. The van der Waals surface area contributed by atoms with Gasteiger partial charge in [-0.1, -0.05) is 5.16 Å². The van der Waals surface area contributed by atoms with Crippen LogP contribution in [0.3, 0.4) is 0 Å². The van der Waals surface area contributed by atoms with Crippen molar-refractivity contribution in [2.45, 2.75) is 39.3 Å². The van der Waals surface area contributed by atoms with E-state index in [4.69, 9.17) is 9.26 Å². The Morgan fingerprint density at radius 1 is 1.41 bits per heavy atom. The minimum Gasteiger partial charge on any atom is -0.379 e. The standard InChI is InChI=1S/C16H25N3O3/c1-12(2)19(10-13-3-4-13)16(20)15-9-14(22-17-15)11-18-5-7-21-8-6-18/h9,12-13H,3-8,10-11H2,1-2H3. The largest absolute Gasteiger partial charge is 0.379 e. The van der Waals surface area contributed by atoms with E-state index in [1.54, 1.807) is 6.07 Å². The molecule has 122 valence electrons. The van der Waals surface area contributed by atoms with E-state index in [0.717, 1.165) is 38.6 Å². The number of ether oxygens (including phenoxy) is 1. The summed E-state index contributed by atoms with van der Waals surface area (Å²) in [5.74, 6) is 1.41. The molecule has 6 heteroatoms. The van der Waals surface area contributed by atoms with Crippen LogP contribution >= 0.6 is 0 Å². The Morgan fingerprint density at radius 3 is 2.77 bits per heavy atom. The van der Waals surface area contributed by atoms with E-state index < -0.39 is 0 Å². The minimum atomic E-state index is -0.0149. The summed E-state index contributed by atoms with van der Waals surface area (Å²) in [5.41, 5.74) is 0.428. The van der Waals surface area contributed by atoms with Crippen molar-refractivity contribution < 1.29 is 14.1 Å². The van der Waals surface area contributed by atoms with Gasteiger partial charge >= 0.3 is 0 Å². The maximum atomic E-state index is 12.6. The van der Waals surface area contributed by atoms with Crippen molar-refractivity contribution in [3.8, 4) is 0 Å². The van der Waals surface area contributed by atoms with Crippen LogP contribution in [0.25, 0.3) is 0 Å². The van der Waals surface area contributed by atoms with Crippen LogP contribution in [0.5, 0.6) is 0 Å². The summed E-state index contributed by atoms with van der Waals surface area (Å²) in [6.45, 7) is 8.92. The zero-order valence-electron chi connectivity index (χ0n) is 13.5. The van der Waals surface area contributed by atoms with Crippen molar-refractivity contribution in [3.05, 3.63) is 17.5 Å². The predicted octanol–water partition coefficient (Wildman–Crippen LogP) is 1.77. The fraction of sp³-hybridized carbons (Fsp3) is 0.750. The van der Waals surface area contributed by atoms with Crippen LogP contribution in [0.2, 0.25) is 0 Å². The Labute approximate surface area is 131 Å². The summed E-state index contributed by atoms with van der Waals surface area (Å²) in [5, 5.41) is 3.99. The molecule has 0 spiro atoms. The fourth-order valence-corrected chi connectivity index (χ4v) is 2.72. The molecule has 1 aliphatic heterocycles. The maximum absolute atomic E-state index is 12.6. The highest BCUT2D eigenvalue weighted by Crippen LogP contribution is 2.30.